The molecule has 2 N–H and O–H groups in total. The van der Waals surface area contributed by atoms with Crippen molar-refractivity contribution in [2.75, 3.05) is 40.3 Å². The van der Waals surface area contributed by atoms with E-state index in [1.54, 1.807) is 42.2 Å². The van der Waals surface area contributed by atoms with Crippen molar-refractivity contribution in [3.05, 3.63) is 41.4 Å². The van der Waals surface area contributed by atoms with Crippen LogP contribution in [0, 0.1) is 0 Å². The molecule has 0 spiro atoms. The third kappa shape index (κ3) is 7.39. The number of sulfonamides is 1. The lowest BCUT2D eigenvalue weighted by Gasteiger charge is -2.30. The molecule has 1 aliphatic rings. The van der Waals surface area contributed by atoms with Crippen molar-refractivity contribution in [3.63, 3.8) is 0 Å². The van der Waals surface area contributed by atoms with Crippen LogP contribution in [-0.4, -0.2) is 98.9 Å². The zero-order chi connectivity index (χ0) is 27.0. The van der Waals surface area contributed by atoms with E-state index in [1.165, 1.54) is 11.0 Å². The van der Waals surface area contributed by atoms with Gasteiger partial charge >= 0.3 is 0 Å². The Balaban J connectivity index is 0.00000145. The fourth-order valence-corrected chi connectivity index (χ4v) is 5.39. The highest BCUT2D eigenvalue weighted by Gasteiger charge is 2.39. The molecule has 198 valence electrons. The number of hydrogen-bond acceptors (Lipinski definition) is 6. The smallest absolute Gasteiger partial charge is 0.290 e. The van der Waals surface area contributed by atoms with E-state index < -0.39 is 22.1 Å². The van der Waals surface area contributed by atoms with Crippen molar-refractivity contribution in [2.45, 2.75) is 37.2 Å². The van der Waals surface area contributed by atoms with E-state index in [1.807, 2.05) is 25.9 Å². The van der Waals surface area contributed by atoms with Gasteiger partial charge in [-0.25, -0.2) is 8.42 Å². The zero-order valence-corrected chi connectivity index (χ0v) is 22.4. The van der Waals surface area contributed by atoms with Gasteiger partial charge in [0.1, 0.15) is 12.1 Å². The number of rotatable bonds is 9. The Morgan fingerprint density at radius 2 is 1.83 bits per heavy atom. The fourth-order valence-electron chi connectivity index (χ4n) is 3.96. The van der Waals surface area contributed by atoms with Crippen LogP contribution in [0.4, 0.5) is 0 Å². The SMILES string of the molecule is CCN(CCN(C)C)C(=O)[C@H](C)N1CC[C@H](NS(=O)(=O)c2ccc3cc(Cl)ccc3c2)C1=O.O=CO. The largest absolute Gasteiger partial charge is 0.483 e. The van der Waals surface area contributed by atoms with Crippen LogP contribution in [0.5, 0.6) is 0 Å². The predicted octanol–water partition coefficient (Wildman–Crippen LogP) is 1.87. The standard InChI is InChI=1S/C23H31ClN4O4S.CH2O2/c1-5-27(13-12-26(3)4)22(29)16(2)28-11-10-21(23(28)30)25-33(31,32)20-9-7-17-14-19(24)8-6-18(17)15-20;2-1-3/h6-9,14-16,21,25H,5,10-13H2,1-4H3;1H,(H,2,3)/t16-,21-;/m0./s1. The van der Waals surface area contributed by atoms with Crippen molar-refractivity contribution in [1.82, 2.24) is 19.4 Å². The fraction of sp³-hybridized carbons (Fsp3) is 0.458. The molecule has 2 atom stereocenters. The second-order valence-electron chi connectivity index (χ2n) is 8.65. The summed E-state index contributed by atoms with van der Waals surface area (Å²) >= 11 is 6.00. The Hall–Kier alpha value is -2.73. The van der Waals surface area contributed by atoms with Gasteiger partial charge < -0.3 is 19.8 Å². The molecule has 2 amide bonds. The maximum atomic E-state index is 13.0. The predicted molar refractivity (Wildman–Crippen MR) is 138 cm³/mol. The summed E-state index contributed by atoms with van der Waals surface area (Å²) in [6.07, 6.45) is 0.308. The summed E-state index contributed by atoms with van der Waals surface area (Å²) in [5.41, 5.74) is 0. The second kappa shape index (κ2) is 13.0. The van der Waals surface area contributed by atoms with Gasteiger partial charge in [-0.05, 0) is 69.4 Å². The van der Waals surface area contributed by atoms with Crippen molar-refractivity contribution < 1.29 is 27.9 Å². The number of carbonyl (C=O) groups is 3. The minimum Gasteiger partial charge on any atom is -0.483 e. The van der Waals surface area contributed by atoms with Crippen molar-refractivity contribution in [2.24, 2.45) is 0 Å². The van der Waals surface area contributed by atoms with Gasteiger partial charge in [-0.15, -0.1) is 0 Å². The van der Waals surface area contributed by atoms with Crippen LogP contribution < -0.4 is 4.72 Å². The van der Waals surface area contributed by atoms with Crippen LogP contribution in [0.2, 0.25) is 5.02 Å². The minimum absolute atomic E-state index is 0.0774. The van der Waals surface area contributed by atoms with Gasteiger partial charge in [0.05, 0.1) is 4.90 Å². The van der Waals surface area contributed by atoms with Crippen LogP contribution in [-0.2, 0) is 24.4 Å². The first-order chi connectivity index (χ1) is 16.9. The summed E-state index contributed by atoms with van der Waals surface area (Å²) in [5.74, 6) is -0.514. The highest BCUT2D eigenvalue weighted by Crippen LogP contribution is 2.24. The first kappa shape index (κ1) is 29.5. The van der Waals surface area contributed by atoms with E-state index in [-0.39, 0.29) is 23.2 Å². The Morgan fingerprint density at radius 3 is 2.44 bits per heavy atom. The van der Waals surface area contributed by atoms with Crippen molar-refractivity contribution >= 4 is 50.7 Å². The van der Waals surface area contributed by atoms with Crippen molar-refractivity contribution in [1.29, 1.82) is 0 Å². The summed E-state index contributed by atoms with van der Waals surface area (Å²) < 4.78 is 28.5. The third-order valence-electron chi connectivity index (χ3n) is 5.96. The quantitative estimate of drug-likeness (QED) is 0.465. The molecule has 0 radical (unpaired) electrons. The maximum Gasteiger partial charge on any atom is 0.290 e. The van der Waals surface area contributed by atoms with Gasteiger partial charge in [0.2, 0.25) is 21.8 Å². The van der Waals surface area contributed by atoms with Gasteiger partial charge in [-0.1, -0.05) is 23.7 Å². The number of carboxylic acid groups (broad SMARTS) is 1. The topological polar surface area (TPSA) is 127 Å². The highest BCUT2D eigenvalue weighted by atomic mass is 35.5. The van der Waals surface area contributed by atoms with Gasteiger partial charge in [0.15, 0.2) is 0 Å². The highest BCUT2D eigenvalue weighted by molar-refractivity contribution is 7.89. The van der Waals surface area contributed by atoms with Crippen LogP contribution >= 0.6 is 11.6 Å². The lowest BCUT2D eigenvalue weighted by atomic mass is 10.1. The van der Waals surface area contributed by atoms with Crippen molar-refractivity contribution in [3.8, 4) is 0 Å². The molecule has 10 nitrogen and oxygen atoms in total. The van der Waals surface area contributed by atoms with E-state index in [2.05, 4.69) is 4.72 Å². The van der Waals surface area contributed by atoms with E-state index in [0.29, 0.717) is 31.1 Å². The molecular weight excluding hydrogens is 508 g/mol. The molecule has 1 aliphatic heterocycles. The van der Waals surface area contributed by atoms with Gasteiger partial charge in [-0.2, -0.15) is 4.72 Å². The lowest BCUT2D eigenvalue weighted by molar-refractivity contribution is -0.143. The Kier molecular flexibility index (Phi) is 10.7. The monoisotopic (exact) mass is 540 g/mol. The van der Waals surface area contributed by atoms with Gasteiger partial charge in [-0.3, -0.25) is 14.4 Å². The molecule has 0 bridgehead atoms. The van der Waals surface area contributed by atoms with Crippen LogP contribution in [0.3, 0.4) is 0 Å². The number of halogens is 1. The van der Waals surface area contributed by atoms with Crippen LogP contribution in [0.25, 0.3) is 10.8 Å². The van der Waals surface area contributed by atoms with E-state index >= 15 is 0 Å². The average Bonchev–Trinajstić information content (AvgIpc) is 3.18. The number of hydrogen-bond donors (Lipinski definition) is 2. The number of nitrogens with zero attached hydrogens (tertiary/aromatic N) is 3. The minimum atomic E-state index is -3.92. The van der Waals surface area contributed by atoms with Gasteiger partial charge in [0, 0.05) is 31.2 Å². The molecule has 0 unspecified atom stereocenters. The summed E-state index contributed by atoms with van der Waals surface area (Å²) in [4.78, 5) is 39.6. The number of nitrogens with one attached hydrogen (secondary N) is 1. The molecule has 1 heterocycles. The Bertz CT molecular complexity index is 1190. The van der Waals surface area contributed by atoms with E-state index in [9.17, 15) is 18.0 Å². The van der Waals surface area contributed by atoms with Crippen LogP contribution in [0.15, 0.2) is 41.3 Å². The van der Waals surface area contributed by atoms with Crippen LogP contribution in [0.1, 0.15) is 20.3 Å². The molecule has 36 heavy (non-hydrogen) atoms. The number of fused-ring (bicyclic) bond motifs is 1. The third-order valence-corrected chi connectivity index (χ3v) is 7.66. The number of benzene rings is 2. The molecule has 1 fully saturated rings. The summed E-state index contributed by atoms with van der Waals surface area (Å²) in [7, 11) is -0.0428. The molecule has 12 heteroatoms. The summed E-state index contributed by atoms with van der Waals surface area (Å²) in [6.45, 7) is 5.51. The first-order valence-corrected chi connectivity index (χ1v) is 13.3. The second-order valence-corrected chi connectivity index (χ2v) is 10.8. The number of likely N-dealkylation sites (N-methyl/N-ethyl adjacent to an activating group) is 2. The molecule has 0 aliphatic carbocycles. The first-order valence-electron chi connectivity index (χ1n) is 11.5. The maximum absolute atomic E-state index is 13.0. The Labute approximate surface area is 216 Å². The Morgan fingerprint density at radius 1 is 1.22 bits per heavy atom. The lowest BCUT2D eigenvalue weighted by Crippen LogP contribution is -2.51. The van der Waals surface area contributed by atoms with E-state index in [0.717, 1.165) is 17.3 Å². The average molecular weight is 541 g/mol. The molecule has 1 saturated heterocycles. The molecule has 0 aromatic heterocycles. The van der Waals surface area contributed by atoms with E-state index in [4.69, 9.17) is 21.5 Å². The zero-order valence-electron chi connectivity index (χ0n) is 20.8. The number of likely N-dealkylation sites (tertiary alicyclic amines) is 1. The molecule has 2 aromatic rings. The normalized spacial score (nSPS) is 16.6. The number of amides is 2. The number of carbonyl (C=O) groups excluding carboxylic acids is 2. The molecular formula is C24H33ClN4O6S. The molecule has 0 saturated carbocycles. The van der Waals surface area contributed by atoms with Gasteiger partial charge in [0.25, 0.3) is 6.47 Å². The molecule has 2 aromatic carbocycles. The summed E-state index contributed by atoms with van der Waals surface area (Å²) in [6, 6.07) is 8.39. The summed E-state index contributed by atoms with van der Waals surface area (Å²) in [5, 5.41) is 9.02. The molecule has 3 rings (SSSR count).